The lowest BCUT2D eigenvalue weighted by atomic mass is 10.3. The summed E-state index contributed by atoms with van der Waals surface area (Å²) in [6.45, 7) is 4.81. The molecule has 8 nitrogen and oxygen atoms in total. The summed E-state index contributed by atoms with van der Waals surface area (Å²) in [5.41, 5.74) is -0.138. The van der Waals surface area contributed by atoms with Crippen molar-refractivity contribution in [2.24, 2.45) is 7.05 Å². The number of nitrogens with one attached hydrogen (secondary N) is 1. The van der Waals surface area contributed by atoms with Crippen molar-refractivity contribution in [3.63, 3.8) is 0 Å². The minimum absolute atomic E-state index is 0.138. The number of ether oxygens (including phenoxy) is 1. The predicted octanol–water partition coefficient (Wildman–Crippen LogP) is 0.362. The van der Waals surface area contributed by atoms with Crippen LogP contribution < -0.4 is 10.5 Å². The molecular formula is C16H24N6O2. The van der Waals surface area contributed by atoms with Gasteiger partial charge < -0.3 is 19.2 Å². The molecule has 0 aliphatic carbocycles. The quantitative estimate of drug-likeness (QED) is 0.852. The lowest BCUT2D eigenvalue weighted by molar-refractivity contribution is 0.177. The summed E-state index contributed by atoms with van der Waals surface area (Å²) in [5.74, 6) is 2.36. The zero-order valence-electron chi connectivity index (χ0n) is 14.2. The number of H-pyrrole nitrogens is 1. The summed E-state index contributed by atoms with van der Waals surface area (Å²) in [6, 6.07) is 1.56. The molecule has 0 radical (unpaired) electrons. The van der Waals surface area contributed by atoms with Crippen LogP contribution in [0.15, 0.2) is 23.3 Å². The Kier molecular flexibility index (Phi) is 5.27. The fraction of sp³-hybridized carbons (Fsp3) is 0.562. The van der Waals surface area contributed by atoms with E-state index in [0.29, 0.717) is 12.4 Å². The second-order valence-corrected chi connectivity index (χ2v) is 6.05. The van der Waals surface area contributed by atoms with Crippen molar-refractivity contribution in [2.75, 3.05) is 38.2 Å². The van der Waals surface area contributed by atoms with Crippen LogP contribution in [0.4, 0.5) is 5.82 Å². The fourth-order valence-corrected chi connectivity index (χ4v) is 2.97. The monoisotopic (exact) mass is 332 g/mol. The number of hydrogen-bond donors (Lipinski definition) is 1. The van der Waals surface area contributed by atoms with E-state index in [-0.39, 0.29) is 5.56 Å². The topological polar surface area (TPSA) is 79.3 Å². The molecule has 0 unspecified atom stereocenters. The fourth-order valence-electron chi connectivity index (χ4n) is 2.97. The smallest absolute Gasteiger partial charge is 0.253 e. The van der Waals surface area contributed by atoms with E-state index in [4.69, 9.17) is 4.74 Å². The molecule has 0 atom stereocenters. The average molecular weight is 332 g/mol. The Labute approximate surface area is 141 Å². The van der Waals surface area contributed by atoms with Gasteiger partial charge in [-0.3, -0.25) is 9.69 Å². The van der Waals surface area contributed by atoms with Crippen molar-refractivity contribution in [2.45, 2.75) is 19.6 Å². The highest BCUT2D eigenvalue weighted by Gasteiger charge is 2.18. The Morgan fingerprint density at radius 3 is 2.92 bits per heavy atom. The minimum atomic E-state index is -0.138. The molecule has 1 aliphatic rings. The van der Waals surface area contributed by atoms with E-state index in [9.17, 15) is 4.79 Å². The van der Waals surface area contributed by atoms with Crippen molar-refractivity contribution in [1.29, 1.82) is 0 Å². The Morgan fingerprint density at radius 2 is 2.17 bits per heavy atom. The maximum atomic E-state index is 11.8. The van der Waals surface area contributed by atoms with Gasteiger partial charge in [-0.25, -0.2) is 9.97 Å². The van der Waals surface area contributed by atoms with Crippen LogP contribution in [0.1, 0.15) is 18.1 Å². The molecule has 0 saturated carbocycles. The molecule has 0 aromatic carbocycles. The van der Waals surface area contributed by atoms with Gasteiger partial charge in [-0.05, 0) is 6.42 Å². The van der Waals surface area contributed by atoms with Gasteiger partial charge in [-0.1, -0.05) is 0 Å². The number of anilines is 1. The van der Waals surface area contributed by atoms with Gasteiger partial charge in [0.15, 0.2) is 0 Å². The Morgan fingerprint density at radius 1 is 1.29 bits per heavy atom. The first-order valence-electron chi connectivity index (χ1n) is 8.18. The molecule has 130 valence electrons. The Bertz CT molecular complexity index is 725. The molecule has 2 aromatic rings. The van der Waals surface area contributed by atoms with Crippen molar-refractivity contribution >= 4 is 5.82 Å². The lowest BCUT2D eigenvalue weighted by Gasteiger charge is -2.22. The van der Waals surface area contributed by atoms with Crippen LogP contribution in [0.5, 0.6) is 0 Å². The number of rotatable bonds is 5. The first-order valence-corrected chi connectivity index (χ1v) is 8.18. The number of hydrogen-bond acceptors (Lipinski definition) is 6. The third-order valence-corrected chi connectivity index (χ3v) is 4.26. The number of aryl methyl sites for hydroxylation is 1. The standard InChI is InChI=1S/C16H24N6O2/c1-20-7-4-17-15(20)11-21-5-3-6-22(9-8-21)14-10-16(23)19-13(18-14)12-24-2/h4,7,10H,3,5-6,8-9,11-12H2,1-2H3,(H,18,19,23). The SMILES string of the molecule is COCc1nc(N2CCCN(Cc3nccn3C)CC2)cc(=O)[nH]1. The number of aromatic amines is 1. The lowest BCUT2D eigenvalue weighted by Crippen LogP contribution is -2.32. The van der Waals surface area contributed by atoms with E-state index in [1.165, 1.54) is 0 Å². The highest BCUT2D eigenvalue weighted by Crippen LogP contribution is 2.13. The third kappa shape index (κ3) is 4.01. The number of imidazole rings is 1. The molecule has 0 bridgehead atoms. The highest BCUT2D eigenvalue weighted by molar-refractivity contribution is 5.37. The van der Waals surface area contributed by atoms with Gasteiger partial charge in [0.1, 0.15) is 24.1 Å². The zero-order chi connectivity index (χ0) is 16.9. The van der Waals surface area contributed by atoms with Crippen molar-refractivity contribution < 1.29 is 4.74 Å². The van der Waals surface area contributed by atoms with E-state index in [1.807, 2.05) is 19.4 Å². The summed E-state index contributed by atoms with van der Waals surface area (Å²) in [5, 5.41) is 0. The van der Waals surface area contributed by atoms with Gasteiger partial charge in [0.25, 0.3) is 5.56 Å². The molecule has 1 saturated heterocycles. The first-order chi connectivity index (χ1) is 11.7. The molecule has 1 N–H and O–H groups in total. The molecule has 2 aromatic heterocycles. The van der Waals surface area contributed by atoms with Crippen LogP contribution in [0.2, 0.25) is 0 Å². The normalized spacial score (nSPS) is 16.3. The van der Waals surface area contributed by atoms with Gasteiger partial charge in [-0.15, -0.1) is 0 Å². The van der Waals surface area contributed by atoms with E-state index in [2.05, 4.69) is 29.3 Å². The molecular weight excluding hydrogens is 308 g/mol. The molecule has 3 rings (SSSR count). The second kappa shape index (κ2) is 7.59. The summed E-state index contributed by atoms with van der Waals surface area (Å²) in [7, 11) is 3.61. The van der Waals surface area contributed by atoms with Gasteiger partial charge in [-0.2, -0.15) is 0 Å². The minimum Gasteiger partial charge on any atom is -0.377 e. The summed E-state index contributed by atoms with van der Waals surface area (Å²) in [4.78, 5) is 28.0. The number of aromatic nitrogens is 4. The maximum Gasteiger partial charge on any atom is 0.253 e. The van der Waals surface area contributed by atoms with Gasteiger partial charge in [0, 0.05) is 58.8 Å². The molecule has 24 heavy (non-hydrogen) atoms. The first kappa shape index (κ1) is 16.7. The van der Waals surface area contributed by atoms with Crippen LogP contribution in [-0.4, -0.2) is 57.7 Å². The molecule has 0 amide bonds. The van der Waals surface area contributed by atoms with E-state index in [0.717, 1.165) is 50.8 Å². The highest BCUT2D eigenvalue weighted by atomic mass is 16.5. The van der Waals surface area contributed by atoms with E-state index < -0.39 is 0 Å². The summed E-state index contributed by atoms with van der Waals surface area (Å²) >= 11 is 0. The van der Waals surface area contributed by atoms with Crippen LogP contribution in [-0.2, 0) is 24.9 Å². The summed E-state index contributed by atoms with van der Waals surface area (Å²) in [6.07, 6.45) is 4.83. The van der Waals surface area contributed by atoms with Gasteiger partial charge in [0.2, 0.25) is 0 Å². The van der Waals surface area contributed by atoms with Crippen molar-refractivity contribution in [3.05, 3.63) is 40.5 Å². The summed E-state index contributed by atoms with van der Waals surface area (Å²) < 4.78 is 7.12. The predicted molar refractivity (Wildman–Crippen MR) is 90.9 cm³/mol. The van der Waals surface area contributed by atoms with Crippen LogP contribution >= 0.6 is 0 Å². The Balaban J connectivity index is 1.67. The maximum absolute atomic E-state index is 11.8. The molecule has 1 aliphatic heterocycles. The van der Waals surface area contributed by atoms with Crippen molar-refractivity contribution in [1.82, 2.24) is 24.4 Å². The average Bonchev–Trinajstić information content (AvgIpc) is 2.81. The zero-order valence-corrected chi connectivity index (χ0v) is 14.2. The van der Waals surface area contributed by atoms with E-state index >= 15 is 0 Å². The molecule has 1 fully saturated rings. The second-order valence-electron chi connectivity index (χ2n) is 6.05. The van der Waals surface area contributed by atoms with Gasteiger partial charge >= 0.3 is 0 Å². The number of nitrogens with zero attached hydrogens (tertiary/aromatic N) is 5. The van der Waals surface area contributed by atoms with Crippen molar-refractivity contribution in [3.8, 4) is 0 Å². The largest absolute Gasteiger partial charge is 0.377 e. The number of methoxy groups -OCH3 is 1. The molecule has 8 heteroatoms. The molecule has 3 heterocycles. The van der Waals surface area contributed by atoms with Crippen LogP contribution in [0.25, 0.3) is 0 Å². The molecule has 0 spiro atoms. The van der Waals surface area contributed by atoms with Crippen LogP contribution in [0, 0.1) is 0 Å². The van der Waals surface area contributed by atoms with Crippen LogP contribution in [0.3, 0.4) is 0 Å². The Hall–Kier alpha value is -2.19. The van der Waals surface area contributed by atoms with Gasteiger partial charge in [0.05, 0.1) is 6.54 Å². The third-order valence-electron chi connectivity index (χ3n) is 4.26. The van der Waals surface area contributed by atoms with E-state index in [1.54, 1.807) is 13.2 Å².